The number of ether oxygens (including phenoxy) is 2. The Balaban J connectivity index is 2.70. The predicted octanol–water partition coefficient (Wildman–Crippen LogP) is 2.98. The van der Waals surface area contributed by atoms with Gasteiger partial charge in [-0.2, -0.15) is 0 Å². The molecule has 17 heavy (non-hydrogen) atoms. The largest absolute Gasteiger partial charge is 0.493 e. The van der Waals surface area contributed by atoms with Crippen LogP contribution >= 0.6 is 0 Å². The Morgan fingerprint density at radius 2 is 2.00 bits per heavy atom. The molecular formula is C14H23NO2. The van der Waals surface area contributed by atoms with E-state index >= 15 is 0 Å². The van der Waals surface area contributed by atoms with Gasteiger partial charge in [0.25, 0.3) is 0 Å². The van der Waals surface area contributed by atoms with Gasteiger partial charge in [-0.05, 0) is 38.0 Å². The summed E-state index contributed by atoms with van der Waals surface area (Å²) in [4.78, 5) is 0. The van der Waals surface area contributed by atoms with Gasteiger partial charge < -0.3 is 14.8 Å². The number of benzene rings is 1. The van der Waals surface area contributed by atoms with E-state index < -0.39 is 0 Å². The van der Waals surface area contributed by atoms with Gasteiger partial charge in [-0.3, -0.25) is 0 Å². The molecule has 1 atom stereocenters. The van der Waals surface area contributed by atoms with Gasteiger partial charge in [0, 0.05) is 12.6 Å². The van der Waals surface area contributed by atoms with E-state index in [1.165, 1.54) is 5.56 Å². The third-order valence-corrected chi connectivity index (χ3v) is 2.79. The fourth-order valence-corrected chi connectivity index (χ4v) is 1.54. The van der Waals surface area contributed by atoms with Crippen LogP contribution in [0.2, 0.25) is 0 Å². The lowest BCUT2D eigenvalue weighted by atomic mass is 10.2. The molecule has 1 rings (SSSR count). The highest BCUT2D eigenvalue weighted by Gasteiger charge is 2.05. The number of nitrogens with one attached hydrogen (secondary N) is 1. The molecule has 0 bridgehead atoms. The van der Waals surface area contributed by atoms with Crippen molar-refractivity contribution in [1.82, 2.24) is 5.32 Å². The minimum absolute atomic E-state index is 0.535. The fourth-order valence-electron chi connectivity index (χ4n) is 1.54. The molecule has 0 aliphatic carbocycles. The van der Waals surface area contributed by atoms with Crippen molar-refractivity contribution in [3.8, 4) is 11.5 Å². The number of hydrogen-bond donors (Lipinski definition) is 1. The predicted molar refractivity (Wildman–Crippen MR) is 70.8 cm³/mol. The zero-order chi connectivity index (χ0) is 12.7. The molecule has 0 fully saturated rings. The third kappa shape index (κ3) is 4.27. The van der Waals surface area contributed by atoms with E-state index in [9.17, 15) is 0 Å². The Morgan fingerprint density at radius 1 is 1.24 bits per heavy atom. The van der Waals surface area contributed by atoms with Crippen LogP contribution < -0.4 is 14.8 Å². The van der Waals surface area contributed by atoms with E-state index in [4.69, 9.17) is 9.47 Å². The molecule has 0 aliphatic rings. The molecule has 1 aromatic carbocycles. The van der Waals surface area contributed by atoms with Crippen LogP contribution in [-0.2, 0) is 6.54 Å². The molecular weight excluding hydrogens is 214 g/mol. The highest BCUT2D eigenvalue weighted by molar-refractivity contribution is 5.42. The lowest BCUT2D eigenvalue weighted by Crippen LogP contribution is -2.24. The quantitative estimate of drug-likeness (QED) is 0.791. The number of hydrogen-bond acceptors (Lipinski definition) is 3. The summed E-state index contributed by atoms with van der Waals surface area (Å²) in [5, 5.41) is 3.46. The van der Waals surface area contributed by atoms with E-state index in [1.807, 2.05) is 19.1 Å². The highest BCUT2D eigenvalue weighted by atomic mass is 16.5. The lowest BCUT2D eigenvalue weighted by molar-refractivity contribution is 0.310. The monoisotopic (exact) mass is 237 g/mol. The molecule has 0 saturated heterocycles. The molecule has 0 aliphatic heterocycles. The topological polar surface area (TPSA) is 30.5 Å². The van der Waals surface area contributed by atoms with E-state index in [-0.39, 0.29) is 0 Å². The van der Waals surface area contributed by atoms with Crippen LogP contribution in [0.25, 0.3) is 0 Å². The Hall–Kier alpha value is -1.22. The summed E-state index contributed by atoms with van der Waals surface area (Å²) in [6, 6.07) is 6.60. The average molecular weight is 237 g/mol. The van der Waals surface area contributed by atoms with Crippen molar-refractivity contribution in [1.29, 1.82) is 0 Å². The molecule has 96 valence electrons. The maximum absolute atomic E-state index is 5.55. The van der Waals surface area contributed by atoms with Gasteiger partial charge in [0.2, 0.25) is 0 Å². The maximum atomic E-state index is 5.55. The standard InChI is InChI=1S/C14H23NO2/c1-5-11(3)15-10-12-7-8-13(16-4)14(9-12)17-6-2/h7-9,11,15H,5-6,10H2,1-4H3/t11-/m0/s1. The van der Waals surface area contributed by atoms with E-state index in [1.54, 1.807) is 7.11 Å². The van der Waals surface area contributed by atoms with E-state index in [2.05, 4.69) is 25.2 Å². The second kappa shape index (κ2) is 7.17. The lowest BCUT2D eigenvalue weighted by Gasteiger charge is -2.14. The van der Waals surface area contributed by atoms with Crippen molar-refractivity contribution in [2.45, 2.75) is 39.8 Å². The van der Waals surface area contributed by atoms with Gasteiger partial charge in [-0.25, -0.2) is 0 Å². The summed E-state index contributed by atoms with van der Waals surface area (Å²) < 4.78 is 10.8. The van der Waals surface area contributed by atoms with Crippen LogP contribution in [0.4, 0.5) is 0 Å². The summed E-state index contributed by atoms with van der Waals surface area (Å²) in [6.07, 6.45) is 1.13. The van der Waals surface area contributed by atoms with Gasteiger partial charge in [-0.15, -0.1) is 0 Å². The van der Waals surface area contributed by atoms with Gasteiger partial charge in [0.05, 0.1) is 13.7 Å². The van der Waals surface area contributed by atoms with Crippen molar-refractivity contribution < 1.29 is 9.47 Å². The Labute approximate surface area is 104 Å². The van der Waals surface area contributed by atoms with Crippen LogP contribution in [0.5, 0.6) is 11.5 Å². The maximum Gasteiger partial charge on any atom is 0.161 e. The van der Waals surface area contributed by atoms with Crippen LogP contribution in [-0.4, -0.2) is 19.8 Å². The first kappa shape index (κ1) is 13.8. The first-order chi connectivity index (χ1) is 8.21. The van der Waals surface area contributed by atoms with Crippen molar-refractivity contribution in [2.24, 2.45) is 0 Å². The zero-order valence-corrected chi connectivity index (χ0v) is 11.2. The number of rotatable bonds is 7. The third-order valence-electron chi connectivity index (χ3n) is 2.79. The summed E-state index contributed by atoms with van der Waals surface area (Å²) in [5.41, 5.74) is 1.22. The molecule has 1 aromatic rings. The zero-order valence-electron chi connectivity index (χ0n) is 11.2. The molecule has 0 heterocycles. The Bertz CT molecular complexity index is 339. The van der Waals surface area contributed by atoms with E-state index in [0.29, 0.717) is 12.6 Å². The average Bonchev–Trinajstić information content (AvgIpc) is 2.36. The second-order valence-electron chi connectivity index (χ2n) is 4.11. The van der Waals surface area contributed by atoms with Crippen molar-refractivity contribution in [3.63, 3.8) is 0 Å². The SMILES string of the molecule is CCOc1cc(CN[C@@H](C)CC)ccc1OC. The normalized spacial score (nSPS) is 12.2. The molecule has 3 heteroatoms. The fraction of sp³-hybridized carbons (Fsp3) is 0.571. The molecule has 0 aromatic heterocycles. The Morgan fingerprint density at radius 3 is 2.59 bits per heavy atom. The molecule has 1 N–H and O–H groups in total. The Kier molecular flexibility index (Phi) is 5.84. The van der Waals surface area contributed by atoms with Gasteiger partial charge >= 0.3 is 0 Å². The van der Waals surface area contributed by atoms with Crippen LogP contribution in [0.3, 0.4) is 0 Å². The summed E-state index contributed by atoms with van der Waals surface area (Å²) in [7, 11) is 1.66. The highest BCUT2D eigenvalue weighted by Crippen LogP contribution is 2.27. The van der Waals surface area contributed by atoms with Gasteiger partial charge in [-0.1, -0.05) is 13.0 Å². The van der Waals surface area contributed by atoms with Crippen LogP contribution in [0, 0.1) is 0 Å². The number of methoxy groups -OCH3 is 1. The smallest absolute Gasteiger partial charge is 0.161 e. The van der Waals surface area contributed by atoms with Crippen molar-refractivity contribution >= 4 is 0 Å². The van der Waals surface area contributed by atoms with Crippen molar-refractivity contribution in [2.75, 3.05) is 13.7 Å². The molecule has 0 amide bonds. The second-order valence-corrected chi connectivity index (χ2v) is 4.11. The van der Waals surface area contributed by atoms with Crippen molar-refractivity contribution in [3.05, 3.63) is 23.8 Å². The molecule has 0 radical (unpaired) electrons. The van der Waals surface area contributed by atoms with Gasteiger partial charge in [0.1, 0.15) is 0 Å². The van der Waals surface area contributed by atoms with Crippen LogP contribution in [0.15, 0.2) is 18.2 Å². The minimum atomic E-state index is 0.535. The van der Waals surface area contributed by atoms with Gasteiger partial charge in [0.15, 0.2) is 11.5 Å². The van der Waals surface area contributed by atoms with Crippen LogP contribution in [0.1, 0.15) is 32.8 Å². The summed E-state index contributed by atoms with van der Waals surface area (Å²) in [5.74, 6) is 1.61. The summed E-state index contributed by atoms with van der Waals surface area (Å²) in [6.45, 7) is 7.85. The molecule has 0 unspecified atom stereocenters. The summed E-state index contributed by atoms with van der Waals surface area (Å²) >= 11 is 0. The first-order valence-electron chi connectivity index (χ1n) is 6.24. The minimum Gasteiger partial charge on any atom is -0.493 e. The molecule has 3 nitrogen and oxygen atoms in total. The first-order valence-corrected chi connectivity index (χ1v) is 6.24. The molecule has 0 spiro atoms. The van der Waals surface area contributed by atoms with E-state index in [0.717, 1.165) is 24.5 Å². The molecule has 0 saturated carbocycles.